The van der Waals surface area contributed by atoms with E-state index in [4.69, 9.17) is 40.3 Å². The molecule has 32 nitrogen and oxygen atoms in total. The van der Waals surface area contributed by atoms with Crippen molar-refractivity contribution >= 4 is 176 Å². The van der Waals surface area contributed by atoms with Gasteiger partial charge in [-0.15, -0.1) is 0 Å². The van der Waals surface area contributed by atoms with E-state index in [-0.39, 0.29) is 135 Å². The first-order valence-corrected chi connectivity index (χ1v) is 43.9. The first-order chi connectivity index (χ1) is 59.5. The zero-order valence-electron chi connectivity index (χ0n) is 75.7. The number of halogens is 7. The number of esters is 3. The molecule has 10 aromatic rings. The molecule has 0 spiro atoms. The number of aliphatic carboxylic acids is 1. The molecule has 0 unspecified atom stereocenters. The van der Waals surface area contributed by atoms with Gasteiger partial charge in [-0.1, -0.05) is 62.5 Å². The number of amides is 2. The molecule has 0 saturated carbocycles. The van der Waals surface area contributed by atoms with E-state index in [2.05, 4.69) is 203 Å². The number of aryl methyl sites for hydroxylation is 6. The Balaban J connectivity index is -0.000000475. The average Bonchev–Trinajstić information content (AvgIpc) is 1.77. The van der Waals surface area contributed by atoms with E-state index in [9.17, 15) is 24.0 Å². The molecular formula is C90H115Br7N18O14V4-4. The predicted molar refractivity (Wildman–Crippen MR) is 530 cm³/mol. The van der Waals surface area contributed by atoms with Crippen molar-refractivity contribution in [2.75, 3.05) is 82.5 Å². The number of hydrogen-bond acceptors (Lipinski definition) is 29. The Morgan fingerprint density at radius 1 is 0.481 bits per heavy atom. The quantitative estimate of drug-likeness (QED) is 0.0193. The van der Waals surface area contributed by atoms with E-state index >= 15 is 0 Å². The normalized spacial score (nSPS) is 11.1. The Hall–Kier alpha value is -7.82. The second kappa shape index (κ2) is 75.3. The average molecular weight is 2440 g/mol. The van der Waals surface area contributed by atoms with Crippen LogP contribution in [0.2, 0.25) is 0 Å². The van der Waals surface area contributed by atoms with Gasteiger partial charge in [0.25, 0.3) is 5.97 Å². The van der Waals surface area contributed by atoms with Crippen LogP contribution in [0.1, 0.15) is 135 Å². The van der Waals surface area contributed by atoms with Crippen molar-refractivity contribution in [1.29, 1.82) is 0 Å². The van der Waals surface area contributed by atoms with Gasteiger partial charge in [-0.05, 0) is 260 Å². The van der Waals surface area contributed by atoms with Crippen LogP contribution >= 0.6 is 112 Å². The smallest absolute Gasteiger partial charge is 0.329 e. The molecule has 0 aliphatic carbocycles. The van der Waals surface area contributed by atoms with Gasteiger partial charge in [-0.3, -0.25) is 58.7 Å². The fraction of sp³-hybridized carbons (Fsp3) is 0.333. The Kier molecular flexibility index (Phi) is 75.7. The fourth-order valence-electron chi connectivity index (χ4n) is 10.9. The summed E-state index contributed by atoms with van der Waals surface area (Å²) in [6.07, 6.45) is 22.4. The minimum atomic E-state index is -0.833. The molecule has 4 aromatic carbocycles. The van der Waals surface area contributed by atoms with Gasteiger partial charge in [-0.25, -0.2) is 39.7 Å². The standard InChI is InChI=1S/C17H20BrN3O3.2C16H16BrN3O2.C9H10Br2N2O2.C9H13N3.C8H11NO.C4H3Br2N3.C4H6O2.C2H4O2.CH4.4CH3.4V/c1-23-13-8-6-12(7-9-13)10-20-17-14(19-11-15(18)21-17)4-3-5-16(22)24-2;2*1-22-12-7-5-11(6-8-12)10-20-15(21)4-2-3-13-16(20)19-14(17)9-18-13;1-15-8(14)4-2-3-6-9(11)13-7(10)5-12-6;1-7-6-11-8-4-2-3-5-10-9(8)12-7;1-10-8-4-2-7(6-9)3-5-8;5-2-1-8-4(7)3(6)9-2;1-3-4(5)6-2;1-2(3)4;;;;;;;;;/h6-9,11H,3-5,10H2,1-2H3,(H,20,21);2*5-9H,2-4,10H2,1H3;5H,2-4H2,1H3;6H,2-5H2,1H3,(H,10,12);2-5H,6,9H2,1H3;1H,(H2,7,8);3H,1H2,2H3;1H3,(H,3,4);1H4;4*1H3;;;;/q;;;;;;;;;;4*-1;;;;. The van der Waals surface area contributed by atoms with Crippen molar-refractivity contribution in [3.05, 3.63) is 265 Å². The number of benzene rings is 4. The van der Waals surface area contributed by atoms with Gasteiger partial charge >= 0.3 is 17.9 Å². The molecule has 7 N–H and O–H groups in total. The monoisotopic (exact) mass is 2430 g/mol. The van der Waals surface area contributed by atoms with E-state index < -0.39 is 11.9 Å². The molecule has 722 valence electrons. The molecule has 13 rings (SSSR count). The van der Waals surface area contributed by atoms with Gasteiger partial charge in [0, 0.05) is 139 Å². The van der Waals surface area contributed by atoms with Crippen molar-refractivity contribution < 1.29 is 141 Å². The first-order valence-electron chi connectivity index (χ1n) is 38.4. The molecule has 0 bridgehead atoms. The molecule has 0 saturated heterocycles. The molecule has 3 aliphatic heterocycles. The molecule has 4 radical (unpaired) electrons. The van der Waals surface area contributed by atoms with Gasteiger partial charge in [-0.2, -0.15) is 0 Å². The minimum Gasteiger partial charge on any atom is -0.497 e. The maximum atomic E-state index is 12.4. The van der Waals surface area contributed by atoms with E-state index in [1.54, 1.807) is 69.2 Å². The van der Waals surface area contributed by atoms with Crippen molar-refractivity contribution in [3.8, 4) is 23.0 Å². The van der Waals surface area contributed by atoms with E-state index in [1.165, 1.54) is 34.2 Å². The fourth-order valence-corrected chi connectivity index (χ4v) is 13.5. The third kappa shape index (κ3) is 51.8. The summed E-state index contributed by atoms with van der Waals surface area (Å²) in [5, 5.41) is 14.0. The topological polar surface area (TPSA) is 425 Å². The summed E-state index contributed by atoms with van der Waals surface area (Å²) in [5.74, 6) is 5.25. The number of rotatable bonds is 21. The van der Waals surface area contributed by atoms with Crippen LogP contribution < -0.4 is 50.8 Å². The van der Waals surface area contributed by atoms with E-state index in [0.29, 0.717) is 133 Å². The minimum absolute atomic E-state index is 0. The van der Waals surface area contributed by atoms with Crippen molar-refractivity contribution in [2.45, 2.75) is 144 Å². The Morgan fingerprint density at radius 2 is 0.850 bits per heavy atom. The molecule has 43 heteroatoms. The summed E-state index contributed by atoms with van der Waals surface area (Å²) in [6, 6.07) is 31.0. The zero-order chi connectivity index (χ0) is 90.9. The molecule has 0 atom stereocenters. The van der Waals surface area contributed by atoms with Crippen LogP contribution in [0.5, 0.6) is 23.0 Å². The van der Waals surface area contributed by atoms with Crippen LogP contribution in [-0.4, -0.2) is 157 Å². The molecule has 2 amide bonds. The third-order valence-corrected chi connectivity index (χ3v) is 20.3. The van der Waals surface area contributed by atoms with Crippen LogP contribution in [-0.2, 0) is 175 Å². The van der Waals surface area contributed by atoms with Gasteiger partial charge in [0.05, 0.1) is 128 Å². The Bertz CT molecular complexity index is 4900. The summed E-state index contributed by atoms with van der Waals surface area (Å²) in [5.41, 5.74) is 20.6. The molecule has 3 aliphatic rings. The van der Waals surface area contributed by atoms with Gasteiger partial charge < -0.3 is 90.1 Å². The number of carboxylic acids is 1. The maximum absolute atomic E-state index is 12.4. The van der Waals surface area contributed by atoms with Crippen molar-refractivity contribution in [2.24, 2.45) is 5.73 Å². The second-order valence-corrected chi connectivity index (χ2v) is 31.7. The number of carbonyl (C=O) groups excluding carboxylic acids is 5. The summed E-state index contributed by atoms with van der Waals surface area (Å²) >= 11 is 22.8. The predicted octanol–water partition coefficient (Wildman–Crippen LogP) is 19.2. The first kappa shape index (κ1) is 134. The largest absolute Gasteiger partial charge is 0.497 e. The molecule has 0 fully saturated rings. The number of carbonyl (C=O) groups is 6. The molecular weight excluding hydrogens is 2320 g/mol. The van der Waals surface area contributed by atoms with Crippen LogP contribution in [0.25, 0.3) is 0 Å². The summed E-state index contributed by atoms with van der Waals surface area (Å²) < 4.78 is 38.4. The van der Waals surface area contributed by atoms with Gasteiger partial charge in [0.15, 0.2) is 17.5 Å². The number of anilines is 5. The van der Waals surface area contributed by atoms with E-state index in [0.717, 1.165) is 137 Å². The van der Waals surface area contributed by atoms with E-state index in [1.807, 2.05) is 110 Å². The van der Waals surface area contributed by atoms with Gasteiger partial charge in [0.2, 0.25) is 11.8 Å². The SMILES string of the molecule is C.C=CC(=O)OC.CC(=O)O.COC(=O)CCCc1ncc(Br)nc1Br.COC(=O)CCCc1ncc(Br)nc1NCc1ccc(OC)cc1.COc1ccc(CN)cc1.COc1ccc(CN2C(=O)CCCc3ncc(Br)nc32)cc1.COc1ccc(CN2C(=O)CCCc3ncc(Br)nc32)cc1.Cc1cnc2c(n1)NCCCC2.Nc1ncc(Br)nc1Br.[CH3-].[CH3-].[CH3-].[CH3-].[V].[V].[V].[V]. The molecule has 6 aromatic heterocycles. The van der Waals surface area contributed by atoms with Crippen molar-refractivity contribution in [3.63, 3.8) is 0 Å². The van der Waals surface area contributed by atoms with Crippen molar-refractivity contribution in [1.82, 2.24) is 59.8 Å². The summed E-state index contributed by atoms with van der Waals surface area (Å²) in [7, 11) is 10.7. The summed E-state index contributed by atoms with van der Waals surface area (Å²) in [4.78, 5) is 121. The summed E-state index contributed by atoms with van der Waals surface area (Å²) in [6.45, 7) is 9.43. The van der Waals surface area contributed by atoms with Crippen LogP contribution in [0.15, 0.2) is 179 Å². The number of methoxy groups -OCH3 is 7. The number of nitrogen functional groups attached to an aromatic ring is 1. The molecule has 133 heavy (non-hydrogen) atoms. The van der Waals surface area contributed by atoms with Crippen LogP contribution in [0.4, 0.5) is 29.1 Å². The number of hydrogen-bond donors (Lipinski definition) is 5. The maximum Gasteiger partial charge on any atom is 0.329 e. The Morgan fingerprint density at radius 3 is 1.23 bits per heavy atom. The second-order valence-electron chi connectivity index (χ2n) is 26.1. The Labute approximate surface area is 888 Å². The number of nitrogens with one attached hydrogen (secondary N) is 2. The number of aromatic nitrogens is 12. The zero-order valence-corrected chi connectivity index (χ0v) is 92.4. The number of nitrogens with zero attached hydrogens (tertiary/aromatic N) is 14. The number of ether oxygens (including phenoxy) is 7. The van der Waals surface area contributed by atoms with Gasteiger partial charge in [0.1, 0.15) is 66.9 Å². The number of fused-ring (bicyclic) bond motifs is 3. The van der Waals surface area contributed by atoms with Crippen LogP contribution in [0.3, 0.4) is 0 Å². The third-order valence-electron chi connectivity index (χ3n) is 17.2. The number of nitrogens with two attached hydrogens (primary N) is 2. The number of carboxylic acid groups (broad SMARTS) is 1. The van der Waals surface area contributed by atoms with Crippen LogP contribution in [0, 0.1) is 36.6 Å². The molecule has 9 heterocycles.